The first-order chi connectivity index (χ1) is 15.0. The molecule has 4 rings (SSSR count). The van der Waals surface area contributed by atoms with Crippen LogP contribution in [0.1, 0.15) is 28.6 Å². The molecule has 1 fully saturated rings. The van der Waals surface area contributed by atoms with Gasteiger partial charge in [0.1, 0.15) is 5.82 Å². The van der Waals surface area contributed by atoms with Crippen LogP contribution in [0, 0.1) is 6.92 Å². The van der Waals surface area contributed by atoms with Crippen LogP contribution < -0.4 is 10.6 Å². The minimum atomic E-state index is -0.222. The van der Waals surface area contributed by atoms with Crippen molar-refractivity contribution in [2.24, 2.45) is 0 Å². The Morgan fingerprint density at radius 1 is 1.16 bits per heavy atom. The Balaban J connectivity index is 1.44. The predicted molar refractivity (Wildman–Crippen MR) is 126 cm³/mol. The van der Waals surface area contributed by atoms with Crippen molar-refractivity contribution in [1.82, 2.24) is 20.2 Å². The first kappa shape index (κ1) is 22.0. The summed E-state index contributed by atoms with van der Waals surface area (Å²) in [6, 6.07) is 10.8. The van der Waals surface area contributed by atoms with Crippen LogP contribution in [0.2, 0.25) is 9.36 Å². The van der Waals surface area contributed by atoms with Crippen molar-refractivity contribution in [3.63, 3.8) is 0 Å². The van der Waals surface area contributed by atoms with E-state index >= 15 is 0 Å². The lowest BCUT2D eigenvalue weighted by Crippen LogP contribution is -2.50. The zero-order valence-electron chi connectivity index (χ0n) is 17.0. The average Bonchev–Trinajstić information content (AvgIpc) is 3.18. The second kappa shape index (κ2) is 9.96. The number of aromatic nitrogens is 2. The number of hydrogen-bond acceptors (Lipinski definition) is 5. The van der Waals surface area contributed by atoms with Gasteiger partial charge in [-0.2, -0.15) is 0 Å². The fourth-order valence-electron chi connectivity index (χ4n) is 3.78. The van der Waals surface area contributed by atoms with Gasteiger partial charge in [-0.25, -0.2) is 14.8 Å². The lowest BCUT2D eigenvalue weighted by molar-refractivity contribution is 0.169. The van der Waals surface area contributed by atoms with E-state index in [1.165, 1.54) is 4.88 Å². The first-order valence-corrected chi connectivity index (χ1v) is 11.6. The Kier molecular flexibility index (Phi) is 7.07. The Morgan fingerprint density at radius 2 is 1.90 bits per heavy atom. The first-order valence-electron chi connectivity index (χ1n) is 10.0. The summed E-state index contributed by atoms with van der Waals surface area (Å²) in [5.74, 6) is 0.915. The molecule has 3 heterocycles. The Labute approximate surface area is 195 Å². The molecule has 0 saturated carbocycles. The highest BCUT2D eigenvalue weighted by Crippen LogP contribution is 2.34. The number of benzene rings is 1. The quantitative estimate of drug-likeness (QED) is 0.522. The lowest BCUT2D eigenvalue weighted by atomic mass is 9.90. The summed E-state index contributed by atoms with van der Waals surface area (Å²) >= 11 is 13.7. The van der Waals surface area contributed by atoms with Crippen molar-refractivity contribution >= 4 is 46.3 Å². The Hall–Kier alpha value is -2.19. The normalized spacial score (nSPS) is 19.2. The summed E-state index contributed by atoms with van der Waals surface area (Å²) in [7, 11) is 0. The zero-order valence-corrected chi connectivity index (χ0v) is 19.3. The number of nitrogens with one attached hydrogen (secondary N) is 2. The lowest BCUT2D eigenvalue weighted by Gasteiger charge is -2.38. The van der Waals surface area contributed by atoms with Gasteiger partial charge in [0.25, 0.3) is 0 Å². The number of nitrogens with zero attached hydrogens (tertiary/aromatic N) is 3. The molecule has 1 aliphatic rings. The van der Waals surface area contributed by atoms with Gasteiger partial charge in [-0.05, 0) is 49.7 Å². The van der Waals surface area contributed by atoms with Crippen molar-refractivity contribution in [2.45, 2.75) is 31.8 Å². The van der Waals surface area contributed by atoms with E-state index in [1.807, 2.05) is 25.4 Å². The third-order valence-electron chi connectivity index (χ3n) is 5.32. The molecule has 162 valence electrons. The van der Waals surface area contributed by atoms with E-state index in [0.717, 1.165) is 41.8 Å². The number of carbonyl (C=O) groups excluding carboxylic acids is 1. The molecule has 2 atom stereocenters. The molecule has 2 amide bonds. The molecule has 0 aliphatic carbocycles. The van der Waals surface area contributed by atoms with Gasteiger partial charge in [-0.1, -0.05) is 23.2 Å². The van der Waals surface area contributed by atoms with Gasteiger partial charge in [-0.15, -0.1) is 11.3 Å². The Bertz CT molecular complexity index is 1030. The number of piperidine rings is 1. The van der Waals surface area contributed by atoms with E-state index in [4.69, 9.17) is 23.2 Å². The van der Waals surface area contributed by atoms with Gasteiger partial charge in [0.15, 0.2) is 0 Å². The molecular weight excluding hydrogens is 453 g/mol. The number of aryl methyl sites for hydroxylation is 1. The molecule has 1 saturated heterocycles. The van der Waals surface area contributed by atoms with Gasteiger partial charge in [0.2, 0.25) is 0 Å². The number of likely N-dealkylation sites (tertiary alicyclic amines) is 1. The van der Waals surface area contributed by atoms with Gasteiger partial charge in [-0.3, -0.25) is 4.90 Å². The van der Waals surface area contributed by atoms with E-state index in [-0.39, 0.29) is 18.0 Å². The highest BCUT2D eigenvalue weighted by Gasteiger charge is 2.32. The molecule has 3 aromatic rings. The minimum Gasteiger partial charge on any atom is -0.334 e. The summed E-state index contributed by atoms with van der Waals surface area (Å²) in [6.07, 6.45) is 4.59. The highest BCUT2D eigenvalue weighted by molar-refractivity contribution is 7.16. The maximum Gasteiger partial charge on any atom is 0.319 e. The number of urea groups is 1. The minimum absolute atomic E-state index is 0.00698. The third kappa shape index (κ3) is 5.95. The molecule has 0 bridgehead atoms. The number of hydrogen-bond donors (Lipinski definition) is 2. The fourth-order valence-corrected chi connectivity index (χ4v) is 5.12. The third-order valence-corrected chi connectivity index (χ3v) is 6.93. The maximum atomic E-state index is 12.6. The standard InChI is InChI=1S/C22H23Cl2N5OS/c1-14-25-10-15(11-26-14)12-29-9-8-19(18(13-29)20-6-7-21(24)31-20)28-22(30)27-17-4-2-16(23)3-5-17/h2-7,10-11,18-19H,8-9,12-13H2,1H3,(H2,27,28,30). The van der Waals surface area contributed by atoms with Crippen LogP contribution in [-0.2, 0) is 6.54 Å². The summed E-state index contributed by atoms with van der Waals surface area (Å²) in [4.78, 5) is 24.8. The van der Waals surface area contributed by atoms with E-state index in [2.05, 4.69) is 31.6 Å². The van der Waals surface area contributed by atoms with Crippen molar-refractivity contribution in [3.8, 4) is 0 Å². The smallest absolute Gasteiger partial charge is 0.319 e. The Morgan fingerprint density at radius 3 is 2.58 bits per heavy atom. The number of amides is 2. The number of halogens is 2. The van der Waals surface area contributed by atoms with Crippen LogP contribution in [0.3, 0.4) is 0 Å². The van der Waals surface area contributed by atoms with Crippen LogP contribution >= 0.6 is 34.5 Å². The van der Waals surface area contributed by atoms with Crippen LogP contribution in [0.15, 0.2) is 48.8 Å². The van der Waals surface area contributed by atoms with Crippen LogP contribution in [-0.4, -0.2) is 40.0 Å². The van der Waals surface area contributed by atoms with Crippen LogP contribution in [0.4, 0.5) is 10.5 Å². The molecule has 31 heavy (non-hydrogen) atoms. The number of rotatable bonds is 5. The van der Waals surface area contributed by atoms with E-state index in [1.54, 1.807) is 35.6 Å². The summed E-state index contributed by atoms with van der Waals surface area (Å²) in [5, 5.41) is 6.68. The molecule has 2 aromatic heterocycles. The van der Waals surface area contributed by atoms with Gasteiger partial charge in [0.05, 0.1) is 4.34 Å². The van der Waals surface area contributed by atoms with E-state index in [9.17, 15) is 4.79 Å². The predicted octanol–water partition coefficient (Wildman–Crippen LogP) is 5.33. The van der Waals surface area contributed by atoms with Gasteiger partial charge in [0, 0.05) is 65.1 Å². The molecule has 2 unspecified atom stereocenters. The maximum absolute atomic E-state index is 12.6. The average molecular weight is 476 g/mol. The largest absolute Gasteiger partial charge is 0.334 e. The number of anilines is 1. The molecule has 1 aliphatic heterocycles. The van der Waals surface area contributed by atoms with Gasteiger partial charge < -0.3 is 10.6 Å². The molecule has 2 N–H and O–H groups in total. The number of carbonyl (C=O) groups is 1. The van der Waals surface area contributed by atoms with Crippen LogP contribution in [0.5, 0.6) is 0 Å². The molecule has 9 heteroatoms. The summed E-state index contributed by atoms with van der Waals surface area (Å²) in [6.45, 7) is 4.35. The van der Waals surface area contributed by atoms with Crippen molar-refractivity contribution in [3.05, 3.63) is 74.4 Å². The number of thiophene rings is 1. The zero-order chi connectivity index (χ0) is 21.8. The van der Waals surface area contributed by atoms with E-state index in [0.29, 0.717) is 10.7 Å². The monoisotopic (exact) mass is 475 g/mol. The molecule has 6 nitrogen and oxygen atoms in total. The topological polar surface area (TPSA) is 70.2 Å². The van der Waals surface area contributed by atoms with Crippen LogP contribution in [0.25, 0.3) is 0 Å². The second-order valence-electron chi connectivity index (χ2n) is 7.62. The molecule has 1 aromatic carbocycles. The van der Waals surface area contributed by atoms with Gasteiger partial charge >= 0.3 is 6.03 Å². The SMILES string of the molecule is Cc1ncc(CN2CCC(NC(=O)Nc3ccc(Cl)cc3)C(c3ccc(Cl)s3)C2)cn1. The van der Waals surface area contributed by atoms with E-state index < -0.39 is 0 Å². The fraction of sp³-hybridized carbons (Fsp3) is 0.318. The van der Waals surface area contributed by atoms with Crippen molar-refractivity contribution < 1.29 is 4.79 Å². The second-order valence-corrected chi connectivity index (χ2v) is 9.81. The van der Waals surface area contributed by atoms with Crippen molar-refractivity contribution in [1.29, 1.82) is 0 Å². The summed E-state index contributed by atoms with van der Waals surface area (Å²) < 4.78 is 0.753. The molecule has 0 spiro atoms. The molecular formula is C22H23Cl2N5OS. The highest BCUT2D eigenvalue weighted by atomic mass is 35.5. The summed E-state index contributed by atoms with van der Waals surface area (Å²) in [5.41, 5.74) is 1.79. The van der Waals surface area contributed by atoms with Crippen molar-refractivity contribution in [2.75, 3.05) is 18.4 Å². The molecule has 0 radical (unpaired) electrons.